The second kappa shape index (κ2) is 22.3. The van der Waals surface area contributed by atoms with E-state index in [9.17, 15) is 58.5 Å². The van der Waals surface area contributed by atoms with Gasteiger partial charge in [0.2, 0.25) is 17.7 Å². The molecule has 0 saturated heterocycles. The Morgan fingerprint density at radius 3 is 1.80 bits per heavy atom. The number of alkyl carbamates (subject to hydrolysis) is 1. The summed E-state index contributed by atoms with van der Waals surface area (Å²) < 4.78 is 5.05. The highest BCUT2D eigenvalue weighted by atomic mass is 16.5. The molecule has 0 aliphatic carbocycles. The van der Waals surface area contributed by atoms with E-state index in [1.54, 1.807) is 60.7 Å². The number of hydrazine groups is 1. The molecule has 0 saturated carbocycles. The molecular formula is C36H44N6O13. The van der Waals surface area contributed by atoms with Gasteiger partial charge in [-0.25, -0.2) is 9.80 Å². The Kier molecular flexibility index (Phi) is 18.0. The van der Waals surface area contributed by atoms with Gasteiger partial charge in [0.25, 0.3) is 11.8 Å². The van der Waals surface area contributed by atoms with Crippen LogP contribution in [0.2, 0.25) is 0 Å². The number of carbonyl (C=O) groups excluding carboxylic acids is 6. The summed E-state index contributed by atoms with van der Waals surface area (Å²) in [4.78, 5) is 114. The topological polar surface area (TPSA) is 278 Å². The average Bonchev–Trinajstić information content (AvgIpc) is 3.12. The zero-order chi connectivity index (χ0) is 41.1. The Hall–Kier alpha value is -6.79. The van der Waals surface area contributed by atoms with Crippen molar-refractivity contribution in [2.24, 2.45) is 5.92 Å². The van der Waals surface area contributed by atoms with E-state index in [4.69, 9.17) is 4.74 Å². The third kappa shape index (κ3) is 16.6. The fourth-order valence-corrected chi connectivity index (χ4v) is 4.69. The van der Waals surface area contributed by atoms with E-state index in [1.165, 1.54) is 25.8 Å². The van der Waals surface area contributed by atoms with Gasteiger partial charge in [-0.15, -0.1) is 0 Å². The molecule has 3 unspecified atom stereocenters. The second-order valence-corrected chi connectivity index (χ2v) is 12.4. The number of nitrogens with one attached hydrogen (secondary N) is 4. The van der Waals surface area contributed by atoms with Gasteiger partial charge in [0.1, 0.15) is 31.3 Å². The van der Waals surface area contributed by atoms with Crippen LogP contribution in [0, 0.1) is 5.92 Å². The number of nitrogens with zero attached hydrogens (tertiary/aromatic N) is 2. The van der Waals surface area contributed by atoms with Crippen LogP contribution >= 0.6 is 0 Å². The van der Waals surface area contributed by atoms with Gasteiger partial charge in [-0.2, -0.15) is 0 Å². The van der Waals surface area contributed by atoms with E-state index in [1.807, 2.05) is 0 Å². The number of amides is 6. The van der Waals surface area contributed by atoms with Gasteiger partial charge >= 0.3 is 24.0 Å². The van der Waals surface area contributed by atoms with E-state index in [0.717, 1.165) is 17.7 Å². The minimum absolute atomic E-state index is 0.204. The first kappa shape index (κ1) is 44.4. The lowest BCUT2D eigenvalue weighted by Gasteiger charge is -2.28. The van der Waals surface area contributed by atoms with Gasteiger partial charge in [-0.1, -0.05) is 74.5 Å². The molecule has 7 N–H and O–H groups in total. The van der Waals surface area contributed by atoms with Crippen molar-refractivity contribution < 1.29 is 63.2 Å². The Morgan fingerprint density at radius 1 is 0.691 bits per heavy atom. The number of benzene rings is 2. The molecule has 0 spiro atoms. The summed E-state index contributed by atoms with van der Waals surface area (Å²) in [6.45, 7) is 1.90. The quantitative estimate of drug-likeness (QED) is 0.0711. The van der Waals surface area contributed by atoms with E-state index < -0.39 is 103 Å². The lowest BCUT2D eigenvalue weighted by atomic mass is 10.0. The third-order valence-corrected chi connectivity index (χ3v) is 7.54. The average molecular weight is 769 g/mol. The van der Waals surface area contributed by atoms with Crippen molar-refractivity contribution in [3.05, 3.63) is 83.9 Å². The van der Waals surface area contributed by atoms with Gasteiger partial charge in [0.05, 0.1) is 6.42 Å². The first-order valence-corrected chi connectivity index (χ1v) is 16.8. The van der Waals surface area contributed by atoms with Crippen molar-refractivity contribution in [1.82, 2.24) is 31.3 Å². The summed E-state index contributed by atoms with van der Waals surface area (Å²) in [6.07, 6.45) is -1.68. The van der Waals surface area contributed by atoms with Gasteiger partial charge in [0.15, 0.2) is 0 Å². The maximum absolute atomic E-state index is 13.5. The highest BCUT2D eigenvalue weighted by Crippen LogP contribution is 2.08. The fourth-order valence-electron chi connectivity index (χ4n) is 4.69. The molecule has 2 aromatic carbocycles. The van der Waals surface area contributed by atoms with Crippen LogP contribution in [0.5, 0.6) is 0 Å². The standard InChI is InChI=1S/C36H44N6O13/c1-22(2)32(35(53)40-42(20-31(49)50)28(44)16-15-27(43)41(3)19-23-10-6-4-7-11-23)39-33(51)25(14-17-29(45)46)37-34(52)26(18-30(47)48)38-36(54)55-21-24-12-8-5-9-13-24/h4-13,15-16,22,25-26,32H,14,17-21H2,1-3H3,(H,37,52)(H,38,54)(H,39,51)(H,40,53)(H,45,46)(H,47,48)(H,49,50). The number of ether oxygens (including phenoxy) is 1. The van der Waals surface area contributed by atoms with E-state index >= 15 is 0 Å². The number of carboxylic acid groups (broad SMARTS) is 3. The van der Waals surface area contributed by atoms with E-state index in [2.05, 4.69) is 21.4 Å². The van der Waals surface area contributed by atoms with E-state index in [-0.39, 0.29) is 13.2 Å². The number of carboxylic acids is 3. The molecule has 19 nitrogen and oxygen atoms in total. The molecule has 2 rings (SSSR count). The third-order valence-electron chi connectivity index (χ3n) is 7.54. The zero-order valence-corrected chi connectivity index (χ0v) is 30.3. The largest absolute Gasteiger partial charge is 0.481 e. The summed E-state index contributed by atoms with van der Waals surface area (Å²) in [7, 11) is 1.48. The molecule has 0 bridgehead atoms. The van der Waals surface area contributed by atoms with Crippen LogP contribution in [0.4, 0.5) is 4.79 Å². The SMILES string of the molecule is CC(C)C(NC(=O)C(CCC(=O)O)NC(=O)C(CC(=O)O)NC(=O)OCc1ccccc1)C(=O)NN(CC(=O)O)C(=O)C=CC(=O)N(C)Cc1ccccc1. The number of likely N-dealkylation sites (N-methyl/N-ethyl adjacent to an activating group) is 1. The Balaban J connectivity index is 2.18. The number of aliphatic carboxylic acids is 3. The number of carbonyl (C=O) groups is 9. The van der Waals surface area contributed by atoms with Crippen molar-refractivity contribution in [2.75, 3.05) is 13.6 Å². The van der Waals surface area contributed by atoms with Gasteiger partial charge in [-0.05, 0) is 23.5 Å². The number of hydrogen-bond donors (Lipinski definition) is 7. The molecule has 6 amide bonds. The van der Waals surface area contributed by atoms with Crippen molar-refractivity contribution >= 4 is 53.5 Å². The first-order valence-electron chi connectivity index (χ1n) is 16.8. The molecule has 0 aromatic heterocycles. The van der Waals surface area contributed by atoms with Gasteiger partial charge in [-0.3, -0.25) is 43.8 Å². The number of hydrogen-bond acceptors (Lipinski definition) is 10. The first-order chi connectivity index (χ1) is 26.0. The number of rotatable bonds is 20. The summed E-state index contributed by atoms with van der Waals surface area (Å²) >= 11 is 0. The lowest BCUT2D eigenvalue weighted by Crippen LogP contribution is -2.60. The van der Waals surface area contributed by atoms with Crippen LogP contribution in [0.25, 0.3) is 0 Å². The summed E-state index contributed by atoms with van der Waals surface area (Å²) in [6, 6.07) is 12.4. The fraction of sp³-hybridized carbons (Fsp3) is 0.361. The van der Waals surface area contributed by atoms with Gasteiger partial charge in [0, 0.05) is 32.2 Å². The lowest BCUT2D eigenvalue weighted by molar-refractivity contribution is -0.148. The van der Waals surface area contributed by atoms with Crippen LogP contribution in [0.1, 0.15) is 44.2 Å². The molecule has 19 heteroatoms. The predicted molar refractivity (Wildman–Crippen MR) is 191 cm³/mol. The molecule has 2 aromatic rings. The highest BCUT2D eigenvalue weighted by Gasteiger charge is 2.33. The Bertz CT molecular complexity index is 1720. The van der Waals surface area contributed by atoms with Gasteiger partial charge < -0.3 is 40.9 Å². The maximum Gasteiger partial charge on any atom is 0.408 e. The smallest absolute Gasteiger partial charge is 0.408 e. The van der Waals surface area contributed by atoms with Crippen LogP contribution in [-0.2, 0) is 56.2 Å². The highest BCUT2D eigenvalue weighted by molar-refractivity contribution is 5.99. The second-order valence-electron chi connectivity index (χ2n) is 12.4. The Morgan fingerprint density at radius 2 is 1.25 bits per heavy atom. The van der Waals surface area contributed by atoms with Crippen LogP contribution < -0.4 is 21.4 Å². The molecule has 55 heavy (non-hydrogen) atoms. The molecule has 0 fully saturated rings. The van der Waals surface area contributed by atoms with Crippen molar-refractivity contribution in [1.29, 1.82) is 0 Å². The molecular weight excluding hydrogens is 724 g/mol. The normalized spacial score (nSPS) is 12.4. The zero-order valence-electron chi connectivity index (χ0n) is 30.3. The minimum atomic E-state index is -1.78. The van der Waals surface area contributed by atoms with Crippen molar-refractivity contribution in [2.45, 2.75) is 64.4 Å². The maximum atomic E-state index is 13.5. The Labute approximate surface area is 315 Å². The molecule has 0 aliphatic rings. The summed E-state index contributed by atoms with van der Waals surface area (Å²) in [5, 5.41) is 35.1. The minimum Gasteiger partial charge on any atom is -0.481 e. The monoisotopic (exact) mass is 768 g/mol. The van der Waals surface area contributed by atoms with E-state index in [0.29, 0.717) is 10.6 Å². The molecule has 0 radical (unpaired) electrons. The predicted octanol–water partition coefficient (Wildman–Crippen LogP) is 0.406. The van der Waals surface area contributed by atoms with Crippen LogP contribution in [-0.4, -0.2) is 110 Å². The molecule has 0 heterocycles. The van der Waals surface area contributed by atoms with Crippen LogP contribution in [0.15, 0.2) is 72.8 Å². The van der Waals surface area contributed by atoms with Crippen molar-refractivity contribution in [3.63, 3.8) is 0 Å². The molecule has 296 valence electrons. The molecule has 3 atom stereocenters. The molecule has 0 aliphatic heterocycles. The summed E-state index contributed by atoms with van der Waals surface area (Å²) in [5.74, 6) is -10.2. The van der Waals surface area contributed by atoms with Crippen molar-refractivity contribution in [3.8, 4) is 0 Å². The summed E-state index contributed by atoms with van der Waals surface area (Å²) in [5.41, 5.74) is 3.51. The van der Waals surface area contributed by atoms with Crippen LogP contribution in [0.3, 0.4) is 0 Å².